The number of carbonyl (C=O) groups is 2. The second-order valence-electron chi connectivity index (χ2n) is 10.7. The van der Waals surface area contributed by atoms with E-state index in [1.54, 1.807) is 12.1 Å². The van der Waals surface area contributed by atoms with Crippen LogP contribution in [0.25, 0.3) is 0 Å². The maximum atomic E-state index is 13.6. The van der Waals surface area contributed by atoms with E-state index in [1.807, 2.05) is 0 Å². The Kier molecular flexibility index (Phi) is 15.8. The van der Waals surface area contributed by atoms with E-state index in [4.69, 9.17) is 106 Å². The Bertz CT molecular complexity index is 1910. The van der Waals surface area contributed by atoms with Crippen LogP contribution in [0.1, 0.15) is 20.7 Å². The van der Waals surface area contributed by atoms with Crippen molar-refractivity contribution in [2.75, 3.05) is 26.9 Å². The molecule has 15 nitrogen and oxygen atoms in total. The largest absolute Gasteiger partial charge is 0.497 e. The van der Waals surface area contributed by atoms with Crippen LogP contribution in [0.15, 0.2) is 84.9 Å². The fraction of sp³-hybridized carbons (Fsp3) is 0.355. The Balaban J connectivity index is 1.83. The molecule has 0 spiro atoms. The summed E-state index contributed by atoms with van der Waals surface area (Å²) >= 11 is 33.8. The molecule has 5 atom stereocenters. The molecular formula is C31H28Cl6O15S2. The molecule has 1 saturated heterocycles. The quantitative estimate of drug-likeness (QED) is 0.122. The predicted molar refractivity (Wildman–Crippen MR) is 195 cm³/mol. The molecule has 296 valence electrons. The van der Waals surface area contributed by atoms with Gasteiger partial charge in [-0.1, -0.05) is 106 Å². The number of methoxy groups -OCH3 is 1. The lowest BCUT2D eigenvalue weighted by atomic mass is 9.98. The molecule has 1 aliphatic rings. The van der Waals surface area contributed by atoms with Crippen molar-refractivity contribution in [1.82, 2.24) is 0 Å². The summed E-state index contributed by atoms with van der Waals surface area (Å²) in [5, 5.41) is 0. The van der Waals surface area contributed by atoms with E-state index < -0.39 is 90.8 Å². The number of halogens is 6. The van der Waals surface area contributed by atoms with Crippen molar-refractivity contribution in [2.24, 2.45) is 0 Å². The third-order valence-corrected chi connectivity index (χ3v) is 9.10. The van der Waals surface area contributed by atoms with Crippen LogP contribution in [0.5, 0.6) is 11.5 Å². The van der Waals surface area contributed by atoms with Gasteiger partial charge in [-0.3, -0.25) is 0 Å². The van der Waals surface area contributed by atoms with E-state index >= 15 is 0 Å². The number of alkyl halides is 6. The fourth-order valence-corrected chi connectivity index (χ4v) is 6.72. The first kappa shape index (κ1) is 44.4. The van der Waals surface area contributed by atoms with Crippen molar-refractivity contribution < 1.29 is 66.8 Å². The highest BCUT2D eigenvalue weighted by Crippen LogP contribution is 2.35. The van der Waals surface area contributed by atoms with Crippen molar-refractivity contribution in [1.29, 1.82) is 0 Å². The van der Waals surface area contributed by atoms with Crippen molar-refractivity contribution in [3.63, 3.8) is 0 Å². The maximum Gasteiger partial charge on any atom is 0.400 e. The Morgan fingerprint density at radius 3 is 1.57 bits per heavy atom. The summed E-state index contributed by atoms with van der Waals surface area (Å²) in [4.78, 5) is 27.1. The van der Waals surface area contributed by atoms with Crippen molar-refractivity contribution >= 4 is 102 Å². The Morgan fingerprint density at radius 2 is 1.09 bits per heavy atom. The van der Waals surface area contributed by atoms with E-state index in [1.165, 1.54) is 79.9 Å². The lowest BCUT2D eigenvalue weighted by Crippen LogP contribution is -2.64. The Hall–Kier alpha value is -2.36. The lowest BCUT2D eigenvalue weighted by molar-refractivity contribution is -0.270. The normalized spacial score (nSPS) is 20.8. The molecule has 54 heavy (non-hydrogen) atoms. The number of benzene rings is 3. The fourth-order valence-electron chi connectivity index (χ4n) is 4.43. The third-order valence-electron chi connectivity index (χ3n) is 6.75. The number of esters is 2. The number of ether oxygens (including phenoxy) is 5. The molecule has 0 aliphatic carbocycles. The first-order valence-electron chi connectivity index (χ1n) is 15.0. The van der Waals surface area contributed by atoms with Gasteiger partial charge in [0, 0.05) is 0 Å². The summed E-state index contributed by atoms with van der Waals surface area (Å²) in [5.41, 5.74) is -0.0399. The minimum atomic E-state index is -5.26. The average molecular weight is 917 g/mol. The van der Waals surface area contributed by atoms with Crippen LogP contribution in [0, 0.1) is 0 Å². The van der Waals surface area contributed by atoms with Gasteiger partial charge in [-0.05, 0) is 48.5 Å². The van der Waals surface area contributed by atoms with Crippen LogP contribution in [0.2, 0.25) is 0 Å². The maximum absolute atomic E-state index is 13.6. The molecule has 23 heteroatoms. The molecule has 0 saturated carbocycles. The average Bonchev–Trinajstić information content (AvgIpc) is 3.12. The second-order valence-corrected chi connectivity index (χ2v) is 18.3. The van der Waals surface area contributed by atoms with E-state index in [-0.39, 0.29) is 16.9 Å². The van der Waals surface area contributed by atoms with Crippen molar-refractivity contribution in [2.45, 2.75) is 38.3 Å². The standard InChI is InChI=1S/C31H28Cl6O15S2/c1-44-21-12-14-22(15-13-21)48-29-26(51-28(39)20-10-6-3-7-11-20)25(50-27(38)19-8-4-2-5-9-19)24(52-54(42,43)47-18-31(35,36)37)23(49-29)16-45-53(40,41)46-17-30(32,33)34/h2-15,23-26,29H,16-18H2,1H3/t23-,24+,25+,26-,29-/m1/s1. The zero-order valence-corrected chi connectivity index (χ0v) is 33.5. The minimum absolute atomic E-state index is 0.00702. The molecule has 0 N–H and O–H groups in total. The molecule has 0 bridgehead atoms. The predicted octanol–water partition coefficient (Wildman–Crippen LogP) is 5.92. The van der Waals surface area contributed by atoms with Crippen molar-refractivity contribution in [3.8, 4) is 11.5 Å². The highest BCUT2D eigenvalue weighted by atomic mass is 35.6. The highest BCUT2D eigenvalue weighted by Gasteiger charge is 2.55. The third kappa shape index (κ3) is 14.3. The molecule has 1 fully saturated rings. The monoisotopic (exact) mass is 914 g/mol. The number of hydrogen-bond acceptors (Lipinski definition) is 15. The highest BCUT2D eigenvalue weighted by molar-refractivity contribution is 7.82. The molecular weight excluding hydrogens is 889 g/mol. The van der Waals surface area contributed by atoms with Crippen LogP contribution >= 0.6 is 69.6 Å². The van der Waals surface area contributed by atoms with Crippen LogP contribution in [0.4, 0.5) is 0 Å². The SMILES string of the molecule is COc1ccc(O[C@@H]2O[C@H](COS(=O)(=O)OCC(Cl)(Cl)Cl)[C@H](OS(=O)(=O)OCC(Cl)(Cl)Cl)[C@H](OC(=O)c3ccccc3)[C@H]2OC(=O)c2ccccc2)cc1. The first-order valence-corrected chi connectivity index (χ1v) is 19.9. The topological polar surface area (TPSA) is 185 Å². The van der Waals surface area contributed by atoms with Gasteiger partial charge < -0.3 is 23.7 Å². The summed E-state index contributed by atoms with van der Waals surface area (Å²) in [6.07, 6.45) is -9.79. The number of hydrogen-bond donors (Lipinski definition) is 0. The van der Waals surface area contributed by atoms with Crippen LogP contribution < -0.4 is 9.47 Å². The van der Waals surface area contributed by atoms with Gasteiger partial charge in [0.15, 0.2) is 6.10 Å². The summed E-state index contributed by atoms with van der Waals surface area (Å²) in [7, 11) is -8.85. The molecule has 0 unspecified atom stereocenters. The molecule has 0 amide bonds. The zero-order valence-electron chi connectivity index (χ0n) is 27.3. The smallest absolute Gasteiger partial charge is 0.400 e. The van der Waals surface area contributed by atoms with Crippen molar-refractivity contribution in [3.05, 3.63) is 96.1 Å². The van der Waals surface area contributed by atoms with Gasteiger partial charge >= 0.3 is 32.7 Å². The Morgan fingerprint density at radius 1 is 0.630 bits per heavy atom. The van der Waals surface area contributed by atoms with Gasteiger partial charge in [0.1, 0.15) is 36.9 Å². The van der Waals surface area contributed by atoms with Gasteiger partial charge in [0.05, 0.1) is 24.8 Å². The molecule has 3 aromatic rings. The summed E-state index contributed by atoms with van der Waals surface area (Å²) in [6.45, 7) is -3.21. The molecule has 1 aliphatic heterocycles. The summed E-state index contributed by atoms with van der Waals surface area (Å²) in [5.74, 6) is -1.61. The Labute approximate surface area is 340 Å². The molecule has 0 radical (unpaired) electrons. The van der Waals surface area contributed by atoms with Crippen LogP contribution in [-0.4, -0.2) is 94.0 Å². The zero-order chi connectivity index (χ0) is 39.7. The van der Waals surface area contributed by atoms with E-state index in [9.17, 15) is 26.4 Å². The molecule has 4 rings (SSSR count). The molecule has 1 heterocycles. The van der Waals surface area contributed by atoms with Gasteiger partial charge in [-0.25, -0.2) is 26.3 Å². The van der Waals surface area contributed by atoms with E-state index in [2.05, 4.69) is 4.18 Å². The van der Waals surface area contributed by atoms with Gasteiger partial charge in [0.25, 0.3) is 0 Å². The van der Waals surface area contributed by atoms with Gasteiger partial charge in [-0.2, -0.15) is 16.8 Å². The van der Waals surface area contributed by atoms with E-state index in [0.717, 1.165) is 0 Å². The lowest BCUT2D eigenvalue weighted by Gasteiger charge is -2.44. The van der Waals surface area contributed by atoms with E-state index in [0.29, 0.717) is 5.75 Å². The summed E-state index contributed by atoms with van der Waals surface area (Å²) in [6, 6.07) is 20.7. The van der Waals surface area contributed by atoms with Crippen LogP contribution in [0.3, 0.4) is 0 Å². The second kappa shape index (κ2) is 19.2. The number of carbonyl (C=O) groups excluding carboxylic acids is 2. The van der Waals surface area contributed by atoms with Gasteiger partial charge in [0.2, 0.25) is 20.0 Å². The minimum Gasteiger partial charge on any atom is -0.497 e. The number of rotatable bonds is 16. The molecule has 3 aromatic carbocycles. The molecule has 0 aromatic heterocycles. The van der Waals surface area contributed by atoms with Gasteiger partial charge in [-0.15, -0.1) is 0 Å². The first-order chi connectivity index (χ1) is 25.2. The summed E-state index contributed by atoms with van der Waals surface area (Å²) < 4.78 is 95.5. The van der Waals surface area contributed by atoms with Crippen LogP contribution in [-0.2, 0) is 51.7 Å².